The number of ether oxygens (including phenoxy) is 1. The van der Waals surface area contributed by atoms with E-state index < -0.39 is 0 Å². The lowest BCUT2D eigenvalue weighted by Gasteiger charge is -2.09. The third-order valence-corrected chi connectivity index (χ3v) is 4.49. The normalized spacial score (nSPS) is 11.0. The van der Waals surface area contributed by atoms with E-state index in [1.54, 1.807) is 18.9 Å². The molecule has 1 aromatic carbocycles. The summed E-state index contributed by atoms with van der Waals surface area (Å²) in [6, 6.07) is 6.23. The Morgan fingerprint density at radius 2 is 2.19 bits per heavy atom. The molecule has 1 aromatic heterocycles. The van der Waals surface area contributed by atoms with Gasteiger partial charge in [-0.3, -0.25) is 0 Å². The number of nitrogens with zero attached hydrogens (tertiary/aromatic N) is 1. The maximum Gasteiger partial charge on any atom is 0.261 e. The van der Waals surface area contributed by atoms with E-state index in [9.17, 15) is 0 Å². The van der Waals surface area contributed by atoms with Crippen molar-refractivity contribution in [1.29, 1.82) is 0 Å². The van der Waals surface area contributed by atoms with Gasteiger partial charge >= 0.3 is 0 Å². The highest BCUT2D eigenvalue weighted by atomic mass is 79.9. The van der Waals surface area contributed by atoms with Gasteiger partial charge in [-0.25, -0.2) is 4.98 Å². The summed E-state index contributed by atoms with van der Waals surface area (Å²) < 4.78 is 11.8. The molecule has 0 fully saturated rings. The molecule has 0 saturated heterocycles. The average Bonchev–Trinajstić information content (AvgIpc) is 2.76. The van der Waals surface area contributed by atoms with Crippen molar-refractivity contribution in [3.05, 3.63) is 39.7 Å². The Balaban J connectivity index is 2.10. The molecule has 1 heterocycles. The summed E-state index contributed by atoms with van der Waals surface area (Å²) in [5.41, 5.74) is 2.15. The number of methoxy groups -OCH3 is 1. The molecule has 0 aliphatic carbocycles. The van der Waals surface area contributed by atoms with Crippen LogP contribution in [0.25, 0.3) is 0 Å². The fourth-order valence-corrected chi connectivity index (χ4v) is 3.11. The van der Waals surface area contributed by atoms with E-state index in [0.29, 0.717) is 11.8 Å². The number of aryl methyl sites for hydroxylation is 2. The van der Waals surface area contributed by atoms with Gasteiger partial charge in [0.05, 0.1) is 12.3 Å². The topological polar surface area (TPSA) is 47.3 Å². The molecule has 6 heteroatoms. The molecule has 0 unspecified atom stereocenters. The minimum atomic E-state index is 0.686. The standard InChI is InChI=1S/C15H19BrN2O2S/c1-10-11(2)20-15(18-10)21-14-5-4-13(16)8-12(14)9-17-6-7-19-3/h4-5,8,17H,6-7,9H2,1-3H3. The van der Waals surface area contributed by atoms with Gasteiger partial charge in [0.1, 0.15) is 5.76 Å². The predicted octanol–water partition coefficient (Wildman–Crippen LogP) is 3.94. The number of hydrogen-bond donors (Lipinski definition) is 1. The van der Waals surface area contributed by atoms with Gasteiger partial charge in [0, 0.05) is 29.6 Å². The summed E-state index contributed by atoms with van der Waals surface area (Å²) in [4.78, 5) is 5.57. The van der Waals surface area contributed by atoms with E-state index in [2.05, 4.69) is 38.4 Å². The summed E-state index contributed by atoms with van der Waals surface area (Å²) >= 11 is 5.07. The highest BCUT2D eigenvalue weighted by Crippen LogP contribution is 2.32. The average molecular weight is 371 g/mol. The first-order valence-electron chi connectivity index (χ1n) is 6.70. The van der Waals surface area contributed by atoms with Crippen LogP contribution in [0, 0.1) is 13.8 Å². The quantitative estimate of drug-likeness (QED) is 0.747. The Morgan fingerprint density at radius 1 is 1.38 bits per heavy atom. The van der Waals surface area contributed by atoms with Gasteiger partial charge in [0.25, 0.3) is 5.22 Å². The summed E-state index contributed by atoms with van der Waals surface area (Å²) in [6.07, 6.45) is 0. The van der Waals surface area contributed by atoms with Crippen LogP contribution in [0.1, 0.15) is 17.0 Å². The molecule has 0 aliphatic rings. The van der Waals surface area contributed by atoms with Gasteiger partial charge in [-0.2, -0.15) is 0 Å². The molecule has 0 aliphatic heterocycles. The van der Waals surface area contributed by atoms with Crippen molar-refractivity contribution in [2.75, 3.05) is 20.3 Å². The number of oxazole rings is 1. The van der Waals surface area contributed by atoms with Crippen molar-refractivity contribution in [2.24, 2.45) is 0 Å². The summed E-state index contributed by atoms with van der Waals surface area (Å²) in [7, 11) is 1.70. The number of benzene rings is 1. The van der Waals surface area contributed by atoms with E-state index in [4.69, 9.17) is 9.15 Å². The molecular formula is C15H19BrN2O2S. The Bertz CT molecular complexity index is 582. The molecule has 0 radical (unpaired) electrons. The predicted molar refractivity (Wildman–Crippen MR) is 87.8 cm³/mol. The van der Waals surface area contributed by atoms with Crippen LogP contribution in [0.15, 0.2) is 37.2 Å². The molecule has 0 atom stereocenters. The van der Waals surface area contributed by atoms with E-state index >= 15 is 0 Å². The molecule has 2 rings (SSSR count). The fraction of sp³-hybridized carbons (Fsp3) is 0.400. The molecule has 1 N–H and O–H groups in total. The van der Waals surface area contributed by atoms with Crippen molar-refractivity contribution in [1.82, 2.24) is 10.3 Å². The zero-order valence-corrected chi connectivity index (χ0v) is 14.8. The number of hydrogen-bond acceptors (Lipinski definition) is 5. The van der Waals surface area contributed by atoms with Crippen LogP contribution in [-0.2, 0) is 11.3 Å². The Hall–Kier alpha value is -0.820. The van der Waals surface area contributed by atoms with Crippen LogP contribution in [0.4, 0.5) is 0 Å². The van der Waals surface area contributed by atoms with Gasteiger partial charge in [0.2, 0.25) is 0 Å². The first-order valence-corrected chi connectivity index (χ1v) is 8.31. The summed E-state index contributed by atoms with van der Waals surface area (Å²) in [5, 5.41) is 4.05. The Labute approximate surface area is 137 Å². The lowest BCUT2D eigenvalue weighted by atomic mass is 10.2. The van der Waals surface area contributed by atoms with Crippen LogP contribution in [0.3, 0.4) is 0 Å². The van der Waals surface area contributed by atoms with Crippen molar-refractivity contribution < 1.29 is 9.15 Å². The zero-order valence-electron chi connectivity index (χ0n) is 12.4. The van der Waals surface area contributed by atoms with Gasteiger partial charge in [-0.05, 0) is 49.4 Å². The highest BCUT2D eigenvalue weighted by Gasteiger charge is 2.11. The van der Waals surface area contributed by atoms with E-state index in [0.717, 1.165) is 33.9 Å². The van der Waals surface area contributed by atoms with Crippen molar-refractivity contribution in [2.45, 2.75) is 30.5 Å². The van der Waals surface area contributed by atoms with Crippen LogP contribution in [0.2, 0.25) is 0 Å². The second kappa shape index (κ2) is 7.98. The molecule has 21 heavy (non-hydrogen) atoms. The molecule has 4 nitrogen and oxygen atoms in total. The summed E-state index contributed by atoms with van der Waals surface area (Å²) in [5.74, 6) is 0.870. The molecule has 0 spiro atoms. The van der Waals surface area contributed by atoms with Gasteiger partial charge in [-0.1, -0.05) is 15.9 Å². The zero-order chi connectivity index (χ0) is 15.2. The van der Waals surface area contributed by atoms with Crippen LogP contribution >= 0.6 is 27.7 Å². The lowest BCUT2D eigenvalue weighted by Crippen LogP contribution is -2.18. The van der Waals surface area contributed by atoms with Crippen molar-refractivity contribution in [3.8, 4) is 0 Å². The van der Waals surface area contributed by atoms with Gasteiger partial charge in [0.15, 0.2) is 0 Å². The van der Waals surface area contributed by atoms with E-state index in [-0.39, 0.29) is 0 Å². The monoisotopic (exact) mass is 370 g/mol. The molecule has 0 bridgehead atoms. The maximum atomic E-state index is 5.65. The van der Waals surface area contributed by atoms with Gasteiger partial charge < -0.3 is 14.5 Å². The number of halogens is 1. The van der Waals surface area contributed by atoms with Crippen LogP contribution < -0.4 is 5.32 Å². The molecule has 0 saturated carbocycles. The third-order valence-electron chi connectivity index (χ3n) is 3.03. The van der Waals surface area contributed by atoms with Gasteiger partial charge in [-0.15, -0.1) is 0 Å². The van der Waals surface area contributed by atoms with E-state index in [1.165, 1.54) is 5.56 Å². The maximum absolute atomic E-state index is 5.65. The first kappa shape index (κ1) is 16.5. The third kappa shape index (κ3) is 4.85. The molecule has 0 amide bonds. The molecule has 2 aromatic rings. The number of aromatic nitrogens is 1. The van der Waals surface area contributed by atoms with Crippen LogP contribution in [0.5, 0.6) is 0 Å². The minimum Gasteiger partial charge on any atom is -0.436 e. The largest absolute Gasteiger partial charge is 0.436 e. The summed E-state index contributed by atoms with van der Waals surface area (Å²) in [6.45, 7) is 6.20. The smallest absolute Gasteiger partial charge is 0.261 e. The Kier molecular flexibility index (Phi) is 6.29. The molecular weight excluding hydrogens is 352 g/mol. The fourth-order valence-electron chi connectivity index (χ4n) is 1.76. The second-order valence-electron chi connectivity index (χ2n) is 4.65. The van der Waals surface area contributed by atoms with Crippen molar-refractivity contribution in [3.63, 3.8) is 0 Å². The lowest BCUT2D eigenvalue weighted by molar-refractivity contribution is 0.199. The first-order chi connectivity index (χ1) is 10.1. The highest BCUT2D eigenvalue weighted by molar-refractivity contribution is 9.10. The van der Waals surface area contributed by atoms with Crippen LogP contribution in [-0.4, -0.2) is 25.2 Å². The van der Waals surface area contributed by atoms with E-state index in [1.807, 2.05) is 19.9 Å². The minimum absolute atomic E-state index is 0.686. The molecule has 114 valence electrons. The number of rotatable bonds is 7. The van der Waals surface area contributed by atoms with Crippen molar-refractivity contribution >= 4 is 27.7 Å². The number of nitrogens with one attached hydrogen (secondary N) is 1. The SMILES string of the molecule is COCCNCc1cc(Br)ccc1Sc1nc(C)c(C)o1. The second-order valence-corrected chi connectivity index (χ2v) is 6.55. The Morgan fingerprint density at radius 3 is 2.86 bits per heavy atom.